The van der Waals surface area contributed by atoms with Gasteiger partial charge in [0.1, 0.15) is 0 Å². The van der Waals surface area contributed by atoms with E-state index in [2.05, 4.69) is 0 Å². The maximum Gasteiger partial charge on any atom is 0.336 e. The first-order valence-corrected chi connectivity index (χ1v) is 5.29. The zero-order valence-electron chi connectivity index (χ0n) is 8.45. The van der Waals surface area contributed by atoms with E-state index in [1.165, 1.54) is 19.3 Å². The summed E-state index contributed by atoms with van der Waals surface area (Å²) in [6, 6.07) is 0. The van der Waals surface area contributed by atoms with Crippen LogP contribution in [0.5, 0.6) is 0 Å². The van der Waals surface area contributed by atoms with Crippen LogP contribution in [-0.2, 0) is 9.53 Å². The Morgan fingerprint density at radius 3 is 2.64 bits per heavy atom. The lowest BCUT2D eigenvalue weighted by Gasteiger charge is -2.21. The maximum absolute atomic E-state index is 11.1. The molecule has 0 bridgehead atoms. The number of carbonyl (C=O) groups is 1. The summed E-state index contributed by atoms with van der Waals surface area (Å²) in [7, 11) is 0. The quantitative estimate of drug-likeness (QED) is 0.647. The van der Waals surface area contributed by atoms with Gasteiger partial charge in [-0.05, 0) is 18.8 Å². The summed E-state index contributed by atoms with van der Waals surface area (Å²) in [6.45, 7) is 0.374. The molecule has 0 aromatic heterocycles. The summed E-state index contributed by atoms with van der Waals surface area (Å²) in [5.41, 5.74) is 5.13. The number of rotatable bonds is 4. The van der Waals surface area contributed by atoms with Gasteiger partial charge in [-0.1, -0.05) is 19.3 Å². The number of esters is 1. The topological polar surface area (TPSA) is 72.5 Å². The van der Waals surface area contributed by atoms with Gasteiger partial charge in [-0.2, -0.15) is 0 Å². The van der Waals surface area contributed by atoms with E-state index < -0.39 is 12.1 Å². The molecule has 0 spiro atoms. The Morgan fingerprint density at radius 1 is 1.43 bits per heavy atom. The molecule has 1 unspecified atom stereocenters. The molecule has 1 fully saturated rings. The molecule has 0 aromatic carbocycles. The summed E-state index contributed by atoms with van der Waals surface area (Å²) in [4.78, 5) is 11.1. The Morgan fingerprint density at radius 2 is 2.07 bits per heavy atom. The zero-order valence-corrected chi connectivity index (χ0v) is 8.45. The van der Waals surface area contributed by atoms with Crippen molar-refractivity contribution in [1.82, 2.24) is 0 Å². The van der Waals surface area contributed by atoms with Crippen LogP contribution in [0.25, 0.3) is 0 Å². The lowest BCUT2D eigenvalue weighted by atomic mass is 9.90. The Balaban J connectivity index is 2.15. The third kappa shape index (κ3) is 3.64. The number of ether oxygens (including phenoxy) is 1. The molecule has 1 saturated carbocycles. The molecule has 1 aliphatic rings. The van der Waals surface area contributed by atoms with E-state index in [1.54, 1.807) is 0 Å². The summed E-state index contributed by atoms with van der Waals surface area (Å²) in [5.74, 6) is -0.101. The van der Waals surface area contributed by atoms with E-state index in [0.717, 1.165) is 12.8 Å². The van der Waals surface area contributed by atoms with E-state index in [4.69, 9.17) is 15.6 Å². The molecular formula is C10H19NO3. The van der Waals surface area contributed by atoms with Gasteiger partial charge in [-0.15, -0.1) is 0 Å². The van der Waals surface area contributed by atoms with Gasteiger partial charge in [0.05, 0.1) is 6.61 Å². The van der Waals surface area contributed by atoms with E-state index in [9.17, 15) is 4.79 Å². The third-order valence-corrected chi connectivity index (χ3v) is 2.68. The first kappa shape index (κ1) is 11.5. The monoisotopic (exact) mass is 201 g/mol. The number of aliphatic hydroxyl groups is 1. The molecule has 4 nitrogen and oxygen atoms in total. The highest BCUT2D eigenvalue weighted by Gasteiger charge is 2.18. The van der Waals surface area contributed by atoms with Crippen LogP contribution in [0.2, 0.25) is 0 Å². The molecule has 0 amide bonds. The van der Waals surface area contributed by atoms with Crippen molar-refractivity contribution in [2.45, 2.75) is 38.2 Å². The molecule has 14 heavy (non-hydrogen) atoms. The Hall–Kier alpha value is -0.610. The van der Waals surface area contributed by atoms with Crippen molar-refractivity contribution in [3.05, 3.63) is 0 Å². The van der Waals surface area contributed by atoms with Crippen molar-refractivity contribution in [2.24, 2.45) is 11.7 Å². The van der Waals surface area contributed by atoms with Crippen molar-refractivity contribution in [3.8, 4) is 0 Å². The van der Waals surface area contributed by atoms with E-state index in [-0.39, 0.29) is 6.54 Å². The smallest absolute Gasteiger partial charge is 0.336 e. The van der Waals surface area contributed by atoms with Gasteiger partial charge in [0.25, 0.3) is 0 Å². The fourth-order valence-electron chi connectivity index (χ4n) is 1.75. The van der Waals surface area contributed by atoms with Gasteiger partial charge in [0.2, 0.25) is 0 Å². The van der Waals surface area contributed by atoms with Crippen molar-refractivity contribution in [2.75, 3.05) is 13.2 Å². The summed E-state index contributed by atoms with van der Waals surface area (Å²) >= 11 is 0. The first-order valence-electron chi connectivity index (χ1n) is 5.29. The van der Waals surface area contributed by atoms with Crippen LogP contribution in [0, 0.1) is 5.92 Å². The number of hydrogen-bond donors (Lipinski definition) is 2. The number of carbonyl (C=O) groups excluding carboxylic acids is 1. The van der Waals surface area contributed by atoms with Crippen LogP contribution in [0.3, 0.4) is 0 Å². The van der Waals surface area contributed by atoms with Crippen molar-refractivity contribution >= 4 is 5.97 Å². The van der Waals surface area contributed by atoms with Crippen LogP contribution < -0.4 is 5.73 Å². The van der Waals surface area contributed by atoms with Gasteiger partial charge in [0, 0.05) is 6.54 Å². The minimum absolute atomic E-state index is 0.0660. The highest BCUT2D eigenvalue weighted by molar-refractivity contribution is 5.74. The fraction of sp³-hybridized carbons (Fsp3) is 0.900. The molecule has 0 aromatic rings. The summed E-state index contributed by atoms with van der Waals surface area (Å²) < 4.78 is 4.97. The van der Waals surface area contributed by atoms with Crippen LogP contribution >= 0.6 is 0 Å². The molecule has 0 aliphatic heterocycles. The fourth-order valence-corrected chi connectivity index (χ4v) is 1.75. The van der Waals surface area contributed by atoms with Gasteiger partial charge < -0.3 is 15.6 Å². The average Bonchev–Trinajstić information content (AvgIpc) is 2.26. The Labute approximate surface area is 84.4 Å². The maximum atomic E-state index is 11.1. The molecule has 4 heteroatoms. The predicted molar refractivity (Wildman–Crippen MR) is 52.6 cm³/mol. The molecule has 0 saturated heterocycles. The van der Waals surface area contributed by atoms with Gasteiger partial charge in [-0.25, -0.2) is 4.79 Å². The lowest BCUT2D eigenvalue weighted by molar-refractivity contribution is -0.154. The summed E-state index contributed by atoms with van der Waals surface area (Å²) in [6.07, 6.45) is 4.84. The number of nitrogens with two attached hydrogens (primary N) is 1. The van der Waals surface area contributed by atoms with Gasteiger partial charge in [-0.3, -0.25) is 0 Å². The van der Waals surface area contributed by atoms with Crippen LogP contribution in [0.15, 0.2) is 0 Å². The van der Waals surface area contributed by atoms with Crippen molar-refractivity contribution in [3.63, 3.8) is 0 Å². The van der Waals surface area contributed by atoms with Gasteiger partial charge in [0.15, 0.2) is 6.10 Å². The molecule has 82 valence electrons. The molecular weight excluding hydrogens is 182 g/mol. The van der Waals surface area contributed by atoms with Crippen LogP contribution in [0.4, 0.5) is 0 Å². The largest absolute Gasteiger partial charge is 0.463 e. The van der Waals surface area contributed by atoms with Crippen molar-refractivity contribution in [1.29, 1.82) is 0 Å². The van der Waals surface area contributed by atoms with E-state index in [1.807, 2.05) is 0 Å². The van der Waals surface area contributed by atoms with Gasteiger partial charge >= 0.3 is 5.97 Å². The van der Waals surface area contributed by atoms with Crippen LogP contribution in [0.1, 0.15) is 32.1 Å². The van der Waals surface area contributed by atoms with E-state index in [0.29, 0.717) is 12.5 Å². The predicted octanol–water partition coefficient (Wildman–Crippen LogP) is 0.429. The van der Waals surface area contributed by atoms with Crippen molar-refractivity contribution < 1.29 is 14.6 Å². The molecule has 0 radical (unpaired) electrons. The second-order valence-electron chi connectivity index (χ2n) is 3.89. The Kier molecular flexibility index (Phi) is 4.90. The first-order chi connectivity index (χ1) is 6.74. The summed E-state index contributed by atoms with van der Waals surface area (Å²) in [5, 5.41) is 9.06. The highest BCUT2D eigenvalue weighted by Crippen LogP contribution is 2.23. The molecule has 1 rings (SSSR count). The lowest BCUT2D eigenvalue weighted by Crippen LogP contribution is -2.32. The van der Waals surface area contributed by atoms with Crippen LogP contribution in [-0.4, -0.2) is 30.3 Å². The standard InChI is InChI=1S/C10H19NO3/c11-6-9(12)10(13)14-7-8-4-2-1-3-5-8/h8-9,12H,1-7,11H2. The SMILES string of the molecule is NCC(O)C(=O)OCC1CCCCC1. The molecule has 3 N–H and O–H groups in total. The second-order valence-corrected chi connectivity index (χ2v) is 3.89. The third-order valence-electron chi connectivity index (χ3n) is 2.68. The number of aliphatic hydroxyl groups excluding tert-OH is 1. The zero-order chi connectivity index (χ0) is 10.4. The average molecular weight is 201 g/mol. The molecule has 1 atom stereocenters. The molecule has 0 heterocycles. The number of hydrogen-bond acceptors (Lipinski definition) is 4. The second kappa shape index (κ2) is 5.98. The minimum atomic E-state index is -1.15. The Bertz CT molecular complexity index is 178. The highest BCUT2D eigenvalue weighted by atomic mass is 16.5. The van der Waals surface area contributed by atoms with E-state index >= 15 is 0 Å². The molecule has 1 aliphatic carbocycles. The normalized spacial score (nSPS) is 20.4. The minimum Gasteiger partial charge on any atom is -0.463 e.